The standard InChI is InChI=1S/C20H22N8/c1-2-14(1)12-26-5-7-27(8-6-26)20-21-11-18-19(24-20)28(13-22-18)16-3-4-17-15(9-16)10-23-25-17/h3-4,9-11,13-14H,1-2,5-8,12H2,(H,23,25). The number of aromatic nitrogens is 6. The summed E-state index contributed by atoms with van der Waals surface area (Å²) < 4.78 is 2.02. The van der Waals surface area contributed by atoms with Gasteiger partial charge in [0.15, 0.2) is 5.65 Å². The van der Waals surface area contributed by atoms with E-state index in [0.717, 1.165) is 65.8 Å². The van der Waals surface area contributed by atoms with Crippen LogP contribution in [0.3, 0.4) is 0 Å². The largest absolute Gasteiger partial charge is 0.338 e. The molecule has 1 aromatic carbocycles. The molecule has 1 N–H and O–H groups in total. The van der Waals surface area contributed by atoms with Gasteiger partial charge in [-0.3, -0.25) is 14.6 Å². The predicted octanol–water partition coefficient (Wildman–Crippen LogP) is 2.22. The number of nitrogens with one attached hydrogen (secondary N) is 1. The van der Waals surface area contributed by atoms with Crippen LogP contribution in [0.4, 0.5) is 5.95 Å². The highest BCUT2D eigenvalue weighted by molar-refractivity contribution is 5.81. The summed E-state index contributed by atoms with van der Waals surface area (Å²) in [4.78, 5) is 18.8. The van der Waals surface area contributed by atoms with Crippen molar-refractivity contribution >= 4 is 28.0 Å². The van der Waals surface area contributed by atoms with Gasteiger partial charge in [-0.15, -0.1) is 0 Å². The van der Waals surface area contributed by atoms with E-state index in [2.05, 4.69) is 42.1 Å². The van der Waals surface area contributed by atoms with Crippen LogP contribution in [0.1, 0.15) is 12.8 Å². The van der Waals surface area contributed by atoms with Crippen LogP contribution in [0.2, 0.25) is 0 Å². The maximum atomic E-state index is 4.87. The maximum Gasteiger partial charge on any atom is 0.227 e. The molecule has 0 unspecified atom stereocenters. The summed E-state index contributed by atoms with van der Waals surface area (Å²) >= 11 is 0. The Labute approximate surface area is 162 Å². The second-order valence-corrected chi connectivity index (χ2v) is 7.87. The van der Waals surface area contributed by atoms with Crippen molar-refractivity contribution < 1.29 is 0 Å². The zero-order valence-electron chi connectivity index (χ0n) is 15.6. The minimum atomic E-state index is 0.796. The number of H-pyrrole nitrogens is 1. The molecule has 8 heteroatoms. The Morgan fingerprint density at radius 1 is 1.04 bits per heavy atom. The van der Waals surface area contributed by atoms with E-state index in [1.165, 1.54) is 19.4 Å². The molecule has 1 saturated heterocycles. The summed E-state index contributed by atoms with van der Waals surface area (Å²) in [5, 5.41) is 8.16. The predicted molar refractivity (Wildman–Crippen MR) is 108 cm³/mol. The third kappa shape index (κ3) is 2.80. The number of piperazine rings is 1. The molecule has 0 bridgehead atoms. The van der Waals surface area contributed by atoms with Gasteiger partial charge in [0.25, 0.3) is 0 Å². The molecule has 1 saturated carbocycles. The van der Waals surface area contributed by atoms with E-state index < -0.39 is 0 Å². The van der Waals surface area contributed by atoms with Gasteiger partial charge in [0.05, 0.1) is 17.9 Å². The highest BCUT2D eigenvalue weighted by Crippen LogP contribution is 2.30. The molecule has 1 aliphatic carbocycles. The quantitative estimate of drug-likeness (QED) is 0.590. The smallest absolute Gasteiger partial charge is 0.227 e. The average molecular weight is 374 g/mol. The van der Waals surface area contributed by atoms with Crippen molar-refractivity contribution in [1.29, 1.82) is 0 Å². The van der Waals surface area contributed by atoms with Gasteiger partial charge in [-0.05, 0) is 37.0 Å². The molecule has 0 spiro atoms. The lowest BCUT2D eigenvalue weighted by atomic mass is 10.2. The molecule has 0 amide bonds. The average Bonchev–Trinajstić information content (AvgIpc) is 3.26. The van der Waals surface area contributed by atoms with Crippen LogP contribution in [0, 0.1) is 5.92 Å². The lowest BCUT2D eigenvalue weighted by Gasteiger charge is -2.34. The SMILES string of the molecule is c1cc2[nH]ncc2cc1-n1cnc2cnc(N3CCN(CC4CC4)CC3)nc21. The molecule has 0 radical (unpaired) electrons. The first kappa shape index (κ1) is 16.0. The summed E-state index contributed by atoms with van der Waals surface area (Å²) in [5.74, 6) is 1.74. The lowest BCUT2D eigenvalue weighted by Crippen LogP contribution is -2.47. The van der Waals surface area contributed by atoms with Crippen molar-refractivity contribution in [3.05, 3.63) is 36.9 Å². The van der Waals surface area contributed by atoms with E-state index >= 15 is 0 Å². The number of fused-ring (bicyclic) bond motifs is 2. The number of benzene rings is 1. The molecule has 3 aromatic heterocycles. The Morgan fingerprint density at radius 2 is 1.93 bits per heavy atom. The second kappa shape index (κ2) is 6.27. The molecular formula is C20H22N8. The molecule has 142 valence electrons. The molecule has 4 aromatic rings. The van der Waals surface area contributed by atoms with Gasteiger partial charge >= 0.3 is 0 Å². The van der Waals surface area contributed by atoms with Gasteiger partial charge in [-0.2, -0.15) is 10.1 Å². The van der Waals surface area contributed by atoms with Gasteiger partial charge < -0.3 is 4.90 Å². The first-order chi connectivity index (χ1) is 13.8. The van der Waals surface area contributed by atoms with Gasteiger partial charge in [-0.25, -0.2) is 9.97 Å². The first-order valence-electron chi connectivity index (χ1n) is 9.94. The summed E-state index contributed by atoms with van der Waals surface area (Å²) in [7, 11) is 0. The number of hydrogen-bond acceptors (Lipinski definition) is 6. The van der Waals surface area contributed by atoms with E-state index in [0.29, 0.717) is 0 Å². The molecule has 2 aliphatic rings. The van der Waals surface area contributed by atoms with Crippen LogP contribution in [0.25, 0.3) is 27.8 Å². The number of nitrogens with zero attached hydrogens (tertiary/aromatic N) is 7. The minimum absolute atomic E-state index is 0.796. The molecule has 2 fully saturated rings. The topological polar surface area (TPSA) is 78.8 Å². The van der Waals surface area contributed by atoms with Gasteiger partial charge in [0.2, 0.25) is 5.95 Å². The first-order valence-corrected chi connectivity index (χ1v) is 9.94. The van der Waals surface area contributed by atoms with Crippen molar-refractivity contribution in [2.45, 2.75) is 12.8 Å². The summed E-state index contributed by atoms with van der Waals surface area (Å²) in [6.45, 7) is 5.40. The van der Waals surface area contributed by atoms with Crippen LogP contribution < -0.4 is 4.90 Å². The van der Waals surface area contributed by atoms with Crippen LogP contribution in [0.5, 0.6) is 0 Å². The molecule has 8 nitrogen and oxygen atoms in total. The van der Waals surface area contributed by atoms with E-state index in [-0.39, 0.29) is 0 Å². The van der Waals surface area contributed by atoms with Gasteiger partial charge in [-0.1, -0.05) is 0 Å². The third-order valence-electron chi connectivity index (χ3n) is 5.85. The van der Waals surface area contributed by atoms with Crippen LogP contribution in [0.15, 0.2) is 36.9 Å². The highest BCUT2D eigenvalue weighted by atomic mass is 15.3. The lowest BCUT2D eigenvalue weighted by molar-refractivity contribution is 0.247. The summed E-state index contributed by atoms with van der Waals surface area (Å²) in [6, 6.07) is 6.18. The fourth-order valence-corrected chi connectivity index (χ4v) is 4.02. The molecule has 6 rings (SSSR count). The van der Waals surface area contributed by atoms with E-state index in [1.807, 2.05) is 29.4 Å². The van der Waals surface area contributed by atoms with E-state index in [1.54, 1.807) is 0 Å². The Bertz CT molecular complexity index is 1130. The highest BCUT2D eigenvalue weighted by Gasteiger charge is 2.27. The number of rotatable bonds is 4. The third-order valence-corrected chi connectivity index (χ3v) is 5.85. The Kier molecular flexibility index (Phi) is 3.58. The van der Waals surface area contributed by atoms with Crippen molar-refractivity contribution in [3.8, 4) is 5.69 Å². The Hall–Kier alpha value is -3.00. The van der Waals surface area contributed by atoms with Gasteiger partial charge in [0, 0.05) is 43.8 Å². The van der Waals surface area contributed by atoms with Crippen molar-refractivity contribution in [2.24, 2.45) is 5.92 Å². The summed E-state index contributed by atoms with van der Waals surface area (Å²) in [6.07, 6.45) is 8.31. The number of anilines is 1. The number of imidazole rings is 1. The monoisotopic (exact) mass is 374 g/mol. The Balaban J connectivity index is 1.29. The minimum Gasteiger partial charge on any atom is -0.338 e. The molecule has 1 aliphatic heterocycles. The normalized spacial score (nSPS) is 18.4. The molecular weight excluding hydrogens is 352 g/mol. The zero-order chi connectivity index (χ0) is 18.5. The number of hydrogen-bond donors (Lipinski definition) is 1. The van der Waals surface area contributed by atoms with Gasteiger partial charge in [0.1, 0.15) is 11.8 Å². The van der Waals surface area contributed by atoms with Crippen LogP contribution in [-0.2, 0) is 0 Å². The van der Waals surface area contributed by atoms with Crippen LogP contribution in [-0.4, -0.2) is 67.3 Å². The Morgan fingerprint density at radius 3 is 2.79 bits per heavy atom. The van der Waals surface area contributed by atoms with Crippen molar-refractivity contribution in [2.75, 3.05) is 37.6 Å². The molecule has 4 heterocycles. The van der Waals surface area contributed by atoms with Crippen molar-refractivity contribution in [1.82, 2.24) is 34.6 Å². The summed E-state index contributed by atoms with van der Waals surface area (Å²) in [5.41, 5.74) is 3.69. The van der Waals surface area contributed by atoms with E-state index in [9.17, 15) is 0 Å². The fourth-order valence-electron chi connectivity index (χ4n) is 4.02. The van der Waals surface area contributed by atoms with E-state index in [4.69, 9.17) is 4.98 Å². The maximum absolute atomic E-state index is 4.87. The second-order valence-electron chi connectivity index (χ2n) is 7.87. The van der Waals surface area contributed by atoms with Crippen molar-refractivity contribution in [3.63, 3.8) is 0 Å². The zero-order valence-corrected chi connectivity index (χ0v) is 15.6. The number of aromatic amines is 1. The molecule has 28 heavy (non-hydrogen) atoms. The van der Waals surface area contributed by atoms with Crippen LogP contribution >= 0.6 is 0 Å². The molecule has 0 atom stereocenters. The fraction of sp³-hybridized carbons (Fsp3) is 0.400.